The molecule has 1 amide bonds. The molecule has 0 radical (unpaired) electrons. The summed E-state index contributed by atoms with van der Waals surface area (Å²) in [6, 6.07) is 22.7. The molecular formula is C26H22ClN3O2S. The monoisotopic (exact) mass is 475 g/mol. The van der Waals surface area contributed by atoms with Crippen molar-refractivity contribution in [1.82, 2.24) is 9.55 Å². The van der Waals surface area contributed by atoms with Crippen LogP contribution in [-0.4, -0.2) is 27.3 Å². The van der Waals surface area contributed by atoms with Crippen molar-refractivity contribution in [2.45, 2.75) is 30.3 Å². The zero-order valence-corrected chi connectivity index (χ0v) is 19.6. The first-order valence-electron chi connectivity index (χ1n) is 10.8. The number of carbonyl (C=O) groups is 1. The van der Waals surface area contributed by atoms with Crippen LogP contribution in [0.5, 0.6) is 0 Å². The van der Waals surface area contributed by atoms with Crippen LogP contribution in [0, 0.1) is 0 Å². The molecule has 1 aliphatic heterocycles. The highest BCUT2D eigenvalue weighted by molar-refractivity contribution is 8.00. The molecule has 3 aromatic carbocycles. The Kier molecular flexibility index (Phi) is 5.96. The van der Waals surface area contributed by atoms with Gasteiger partial charge in [-0.1, -0.05) is 71.9 Å². The maximum absolute atomic E-state index is 13.4. The third kappa shape index (κ3) is 4.16. The predicted octanol–water partition coefficient (Wildman–Crippen LogP) is 5.17. The molecule has 0 aliphatic carbocycles. The number of anilines is 1. The average Bonchev–Trinajstić information content (AvgIpc) is 3.26. The number of amides is 1. The maximum atomic E-state index is 13.4. The first-order valence-corrected chi connectivity index (χ1v) is 12.1. The third-order valence-electron chi connectivity index (χ3n) is 5.90. The summed E-state index contributed by atoms with van der Waals surface area (Å²) in [6.07, 6.45) is 0.852. The van der Waals surface area contributed by atoms with E-state index in [0.717, 1.165) is 17.7 Å². The lowest BCUT2D eigenvalue weighted by atomic mass is 10.2. The van der Waals surface area contributed by atoms with Crippen LogP contribution < -0.4 is 10.5 Å². The summed E-state index contributed by atoms with van der Waals surface area (Å²) in [5, 5.41) is 1.22. The van der Waals surface area contributed by atoms with E-state index in [4.69, 9.17) is 16.6 Å². The van der Waals surface area contributed by atoms with Gasteiger partial charge in [-0.05, 0) is 48.7 Å². The van der Waals surface area contributed by atoms with Crippen LogP contribution in [0.2, 0.25) is 5.02 Å². The summed E-state index contributed by atoms with van der Waals surface area (Å²) in [6.45, 7) is 2.82. The molecule has 7 heteroatoms. The fraction of sp³-hybridized carbons (Fsp3) is 0.192. The topological polar surface area (TPSA) is 55.2 Å². The highest BCUT2D eigenvalue weighted by Gasteiger charge is 2.29. The van der Waals surface area contributed by atoms with E-state index in [-0.39, 0.29) is 18.0 Å². The first-order chi connectivity index (χ1) is 16.0. The smallest absolute Gasteiger partial charge is 0.262 e. The van der Waals surface area contributed by atoms with Crippen molar-refractivity contribution in [1.29, 1.82) is 0 Å². The Balaban J connectivity index is 1.51. The van der Waals surface area contributed by atoms with Crippen LogP contribution in [0.4, 0.5) is 5.69 Å². The van der Waals surface area contributed by atoms with E-state index >= 15 is 0 Å². The number of nitrogens with zero attached hydrogens (tertiary/aromatic N) is 3. The van der Waals surface area contributed by atoms with Crippen LogP contribution in [0.25, 0.3) is 10.9 Å². The van der Waals surface area contributed by atoms with Gasteiger partial charge >= 0.3 is 0 Å². The standard InChI is InChI=1S/C26H22ClN3O2S/c1-17(24(31)29-15-14-18-8-3-7-13-23(18)29)33-26-28-22-12-6-4-10-20(22)25(32)30(26)16-19-9-2-5-11-21(19)27/h2-13,17H,14-16H2,1H3/t17-/m0/s1. The number of para-hydroxylation sites is 2. The van der Waals surface area contributed by atoms with Gasteiger partial charge in [0.15, 0.2) is 5.16 Å². The van der Waals surface area contributed by atoms with Crippen LogP contribution in [0.3, 0.4) is 0 Å². The molecule has 166 valence electrons. The minimum Gasteiger partial charge on any atom is -0.311 e. The molecule has 0 fully saturated rings. The Morgan fingerprint density at radius 3 is 2.64 bits per heavy atom. The fourth-order valence-corrected chi connectivity index (χ4v) is 5.33. The minimum absolute atomic E-state index is 0.0108. The van der Waals surface area contributed by atoms with Gasteiger partial charge in [0, 0.05) is 17.3 Å². The molecule has 0 N–H and O–H groups in total. The number of halogens is 1. The van der Waals surface area contributed by atoms with Gasteiger partial charge in [0.1, 0.15) is 0 Å². The number of aromatic nitrogens is 2. The van der Waals surface area contributed by atoms with Gasteiger partial charge in [0.05, 0.1) is 22.7 Å². The Morgan fingerprint density at radius 2 is 1.79 bits per heavy atom. The Hall–Kier alpha value is -3.09. The summed E-state index contributed by atoms with van der Waals surface area (Å²) in [5.41, 5.74) is 3.45. The quantitative estimate of drug-likeness (QED) is 0.295. The fourth-order valence-electron chi connectivity index (χ4n) is 4.17. The van der Waals surface area contributed by atoms with Crippen molar-refractivity contribution in [3.8, 4) is 0 Å². The Bertz CT molecular complexity index is 1420. The second kappa shape index (κ2) is 9.04. The van der Waals surface area contributed by atoms with Gasteiger partial charge in [0.25, 0.3) is 5.56 Å². The Morgan fingerprint density at radius 1 is 1.06 bits per heavy atom. The van der Waals surface area contributed by atoms with Crippen LogP contribution in [0.15, 0.2) is 82.7 Å². The van der Waals surface area contributed by atoms with Crippen molar-refractivity contribution in [2.75, 3.05) is 11.4 Å². The summed E-state index contributed by atoms with van der Waals surface area (Å²) in [5.74, 6) is 0.0108. The molecule has 1 atom stereocenters. The molecule has 5 rings (SSSR count). The van der Waals surface area contributed by atoms with Crippen molar-refractivity contribution >= 4 is 45.9 Å². The third-order valence-corrected chi connectivity index (χ3v) is 7.34. The average molecular weight is 476 g/mol. The van der Waals surface area contributed by atoms with E-state index in [2.05, 4.69) is 6.07 Å². The molecule has 0 saturated heterocycles. The number of hydrogen-bond donors (Lipinski definition) is 0. The van der Waals surface area contributed by atoms with Crippen LogP contribution in [0.1, 0.15) is 18.1 Å². The number of rotatable bonds is 5. The highest BCUT2D eigenvalue weighted by Crippen LogP contribution is 2.31. The van der Waals surface area contributed by atoms with E-state index in [1.807, 2.05) is 66.4 Å². The zero-order valence-electron chi connectivity index (χ0n) is 18.1. The highest BCUT2D eigenvalue weighted by atomic mass is 35.5. The van der Waals surface area contributed by atoms with Gasteiger partial charge in [0.2, 0.25) is 5.91 Å². The van der Waals surface area contributed by atoms with Crippen molar-refractivity contribution < 1.29 is 4.79 Å². The molecule has 0 saturated carbocycles. The van der Waals surface area contributed by atoms with E-state index in [1.165, 1.54) is 17.3 Å². The number of carbonyl (C=O) groups excluding carboxylic acids is 1. The molecule has 5 nitrogen and oxygen atoms in total. The number of fused-ring (bicyclic) bond motifs is 2. The molecular weight excluding hydrogens is 454 g/mol. The van der Waals surface area contributed by atoms with Crippen LogP contribution >= 0.6 is 23.4 Å². The second-order valence-electron chi connectivity index (χ2n) is 8.02. The van der Waals surface area contributed by atoms with E-state index in [9.17, 15) is 9.59 Å². The zero-order chi connectivity index (χ0) is 22.9. The number of hydrogen-bond acceptors (Lipinski definition) is 4. The van der Waals surface area contributed by atoms with Crippen LogP contribution in [-0.2, 0) is 17.8 Å². The molecule has 33 heavy (non-hydrogen) atoms. The summed E-state index contributed by atoms with van der Waals surface area (Å²) < 4.78 is 1.62. The van der Waals surface area contributed by atoms with Gasteiger partial charge < -0.3 is 4.90 Å². The molecule has 0 unspecified atom stereocenters. The second-order valence-corrected chi connectivity index (χ2v) is 9.74. The van der Waals surface area contributed by atoms with E-state index in [1.54, 1.807) is 16.7 Å². The van der Waals surface area contributed by atoms with Gasteiger partial charge in [-0.2, -0.15) is 0 Å². The van der Waals surface area contributed by atoms with Crippen molar-refractivity contribution in [3.63, 3.8) is 0 Å². The van der Waals surface area contributed by atoms with Crippen molar-refractivity contribution in [2.24, 2.45) is 0 Å². The lowest BCUT2D eigenvalue weighted by Gasteiger charge is -2.22. The van der Waals surface area contributed by atoms with Gasteiger partial charge in [-0.15, -0.1) is 0 Å². The molecule has 0 spiro atoms. The first kappa shape index (κ1) is 21.7. The van der Waals surface area contributed by atoms with Gasteiger partial charge in [-0.3, -0.25) is 14.2 Å². The number of thioether (sulfide) groups is 1. The summed E-state index contributed by atoms with van der Waals surface area (Å²) >= 11 is 7.70. The molecule has 1 aromatic heterocycles. The lowest BCUT2D eigenvalue weighted by molar-refractivity contribution is -0.117. The molecule has 0 bridgehead atoms. The SMILES string of the molecule is C[C@H](Sc1nc2ccccc2c(=O)n1Cc1ccccc1Cl)C(=O)N1CCc2ccccc21. The van der Waals surface area contributed by atoms with E-state index < -0.39 is 5.25 Å². The Labute approximate surface area is 201 Å². The predicted molar refractivity (Wildman–Crippen MR) is 134 cm³/mol. The molecule has 1 aliphatic rings. The maximum Gasteiger partial charge on any atom is 0.262 e. The molecule has 2 heterocycles. The van der Waals surface area contributed by atoms with Crippen molar-refractivity contribution in [3.05, 3.63) is 99.3 Å². The minimum atomic E-state index is -0.415. The number of benzene rings is 3. The lowest BCUT2D eigenvalue weighted by Crippen LogP contribution is -2.35. The largest absolute Gasteiger partial charge is 0.311 e. The normalized spacial score (nSPS) is 13.8. The summed E-state index contributed by atoms with van der Waals surface area (Å²) in [7, 11) is 0. The summed E-state index contributed by atoms with van der Waals surface area (Å²) in [4.78, 5) is 33.4. The van der Waals surface area contributed by atoms with Gasteiger partial charge in [-0.25, -0.2) is 4.98 Å². The van der Waals surface area contributed by atoms with E-state index in [0.29, 0.717) is 27.6 Å². The molecule has 4 aromatic rings.